The van der Waals surface area contributed by atoms with E-state index in [1.165, 1.54) is 0 Å². The number of amides is 1. The monoisotopic (exact) mass is 124 g/mol. The van der Waals surface area contributed by atoms with Crippen molar-refractivity contribution in [2.45, 2.75) is 25.3 Å². The average molecular weight is 124 g/mol. The Kier molecular flexibility index (Phi) is 1.17. The van der Waals surface area contributed by atoms with Gasteiger partial charge in [-0.15, -0.1) is 0 Å². The van der Waals surface area contributed by atoms with Crippen LogP contribution in [0.15, 0.2) is 0 Å². The minimum absolute atomic E-state index is 0.0148. The molecule has 0 saturated carbocycles. The Bertz CT molecular complexity index is 182. The van der Waals surface area contributed by atoms with Gasteiger partial charge in [-0.05, 0) is 13.3 Å². The van der Waals surface area contributed by atoms with Crippen molar-refractivity contribution in [3.8, 4) is 6.07 Å². The van der Waals surface area contributed by atoms with Gasteiger partial charge in [-0.1, -0.05) is 0 Å². The highest BCUT2D eigenvalue weighted by molar-refractivity contribution is 5.80. The van der Waals surface area contributed by atoms with Crippen LogP contribution in [0.5, 0.6) is 0 Å². The third-order valence-corrected chi connectivity index (χ3v) is 1.51. The van der Waals surface area contributed by atoms with Crippen molar-refractivity contribution < 1.29 is 4.79 Å². The zero-order valence-corrected chi connectivity index (χ0v) is 5.27. The van der Waals surface area contributed by atoms with Crippen molar-refractivity contribution in [2.24, 2.45) is 0 Å². The number of nitrogens with zero attached hydrogens (tertiary/aromatic N) is 1. The van der Waals surface area contributed by atoms with Gasteiger partial charge in [-0.3, -0.25) is 4.79 Å². The Balaban J connectivity index is 2.68. The second-order valence-corrected chi connectivity index (χ2v) is 2.49. The maximum absolute atomic E-state index is 10.6. The molecule has 0 aromatic carbocycles. The fourth-order valence-electron chi connectivity index (χ4n) is 0.880. The lowest BCUT2D eigenvalue weighted by atomic mass is 10.0. The van der Waals surface area contributed by atoms with E-state index in [1.54, 1.807) is 6.92 Å². The van der Waals surface area contributed by atoms with Crippen LogP contribution in [0.4, 0.5) is 0 Å². The predicted octanol–water partition coefficient (Wildman–Crippen LogP) is 0.179. The van der Waals surface area contributed by atoms with Crippen LogP contribution in [0, 0.1) is 11.3 Å². The Labute approximate surface area is 53.7 Å². The molecule has 1 aliphatic rings. The number of carbonyl (C=O) groups is 1. The number of nitriles is 1. The van der Waals surface area contributed by atoms with Gasteiger partial charge < -0.3 is 5.32 Å². The fourth-order valence-corrected chi connectivity index (χ4v) is 0.880. The normalized spacial score (nSPS) is 33.6. The molecule has 0 unspecified atom stereocenters. The van der Waals surface area contributed by atoms with Gasteiger partial charge in [0.25, 0.3) is 0 Å². The smallest absolute Gasteiger partial charge is 0.221 e. The van der Waals surface area contributed by atoms with Crippen LogP contribution in [0.3, 0.4) is 0 Å². The van der Waals surface area contributed by atoms with Crippen molar-refractivity contribution in [3.05, 3.63) is 0 Å². The summed E-state index contributed by atoms with van der Waals surface area (Å²) in [6, 6.07) is 2.04. The molecule has 0 aromatic rings. The lowest BCUT2D eigenvalue weighted by Gasteiger charge is -2.11. The molecule has 3 heteroatoms. The molecule has 1 fully saturated rings. The minimum Gasteiger partial charge on any atom is -0.338 e. The fraction of sp³-hybridized carbons (Fsp3) is 0.667. The van der Waals surface area contributed by atoms with E-state index in [4.69, 9.17) is 5.26 Å². The van der Waals surface area contributed by atoms with Crippen molar-refractivity contribution in [1.82, 2.24) is 5.32 Å². The summed E-state index contributed by atoms with van der Waals surface area (Å²) in [7, 11) is 0. The van der Waals surface area contributed by atoms with E-state index in [0.29, 0.717) is 12.8 Å². The number of carbonyl (C=O) groups excluding carboxylic acids is 1. The first-order valence-corrected chi connectivity index (χ1v) is 2.88. The van der Waals surface area contributed by atoms with Crippen LogP contribution in [-0.2, 0) is 4.79 Å². The number of hydrogen-bond acceptors (Lipinski definition) is 2. The Morgan fingerprint density at radius 3 is 2.78 bits per heavy atom. The summed E-state index contributed by atoms with van der Waals surface area (Å²) in [4.78, 5) is 10.6. The number of nitrogens with one attached hydrogen (secondary N) is 1. The zero-order chi connectivity index (χ0) is 6.91. The van der Waals surface area contributed by atoms with Crippen LogP contribution in [0.2, 0.25) is 0 Å². The molecule has 1 saturated heterocycles. The Hall–Kier alpha value is -1.04. The van der Waals surface area contributed by atoms with Gasteiger partial charge in [-0.25, -0.2) is 0 Å². The topological polar surface area (TPSA) is 52.9 Å². The van der Waals surface area contributed by atoms with Crippen molar-refractivity contribution >= 4 is 5.91 Å². The summed E-state index contributed by atoms with van der Waals surface area (Å²) in [5, 5.41) is 11.1. The largest absolute Gasteiger partial charge is 0.338 e. The molecule has 0 bridgehead atoms. The third kappa shape index (κ3) is 1.02. The Morgan fingerprint density at radius 2 is 2.56 bits per heavy atom. The van der Waals surface area contributed by atoms with Crippen molar-refractivity contribution in [2.75, 3.05) is 0 Å². The summed E-state index contributed by atoms with van der Waals surface area (Å²) in [5.41, 5.74) is -0.586. The highest BCUT2D eigenvalue weighted by Crippen LogP contribution is 2.17. The van der Waals surface area contributed by atoms with E-state index < -0.39 is 5.54 Å². The molecule has 3 nitrogen and oxygen atoms in total. The van der Waals surface area contributed by atoms with Crippen LogP contribution in [0.25, 0.3) is 0 Å². The van der Waals surface area contributed by atoms with E-state index in [1.807, 2.05) is 6.07 Å². The molecule has 1 heterocycles. The van der Waals surface area contributed by atoms with Crippen molar-refractivity contribution in [3.63, 3.8) is 0 Å². The summed E-state index contributed by atoms with van der Waals surface area (Å²) >= 11 is 0. The van der Waals surface area contributed by atoms with Crippen LogP contribution < -0.4 is 5.32 Å². The molecular weight excluding hydrogens is 116 g/mol. The third-order valence-electron chi connectivity index (χ3n) is 1.51. The standard InChI is InChI=1S/C6H8N2O/c1-6(4-7)3-2-5(9)8-6/h2-3H2,1H3,(H,8,9)/t6-/m0/s1. The first-order valence-electron chi connectivity index (χ1n) is 2.88. The first kappa shape index (κ1) is 6.09. The molecular formula is C6H8N2O. The summed E-state index contributed by atoms with van der Waals surface area (Å²) in [5.74, 6) is -0.0148. The molecule has 48 valence electrons. The zero-order valence-electron chi connectivity index (χ0n) is 5.27. The molecule has 1 atom stereocenters. The maximum Gasteiger partial charge on any atom is 0.221 e. The van der Waals surface area contributed by atoms with Gasteiger partial charge in [0.2, 0.25) is 5.91 Å². The van der Waals surface area contributed by atoms with Gasteiger partial charge in [0.1, 0.15) is 5.54 Å². The molecule has 1 N–H and O–H groups in total. The molecule has 0 spiro atoms. The predicted molar refractivity (Wildman–Crippen MR) is 31.4 cm³/mol. The summed E-state index contributed by atoms with van der Waals surface area (Å²) in [6.45, 7) is 1.73. The molecule has 0 aliphatic carbocycles. The van der Waals surface area contributed by atoms with Crippen molar-refractivity contribution in [1.29, 1.82) is 5.26 Å². The Morgan fingerprint density at radius 1 is 1.89 bits per heavy atom. The van der Waals surface area contributed by atoms with Gasteiger partial charge in [0.15, 0.2) is 0 Å². The average Bonchev–Trinajstić information content (AvgIpc) is 2.13. The second kappa shape index (κ2) is 1.73. The quantitative estimate of drug-likeness (QED) is 0.500. The van der Waals surface area contributed by atoms with E-state index in [9.17, 15) is 4.79 Å². The van der Waals surface area contributed by atoms with Crippen LogP contribution in [-0.4, -0.2) is 11.4 Å². The highest BCUT2D eigenvalue weighted by atomic mass is 16.2. The van der Waals surface area contributed by atoms with Gasteiger partial charge >= 0.3 is 0 Å². The first-order chi connectivity index (χ1) is 4.16. The van der Waals surface area contributed by atoms with E-state index >= 15 is 0 Å². The van der Waals surface area contributed by atoms with Crippen LogP contribution >= 0.6 is 0 Å². The maximum atomic E-state index is 10.6. The molecule has 1 rings (SSSR count). The second-order valence-electron chi connectivity index (χ2n) is 2.49. The molecule has 9 heavy (non-hydrogen) atoms. The minimum atomic E-state index is -0.586. The van der Waals surface area contributed by atoms with Gasteiger partial charge in [-0.2, -0.15) is 5.26 Å². The summed E-state index contributed by atoms with van der Waals surface area (Å²) in [6.07, 6.45) is 1.13. The van der Waals surface area contributed by atoms with Gasteiger partial charge in [0, 0.05) is 6.42 Å². The highest BCUT2D eigenvalue weighted by Gasteiger charge is 2.32. The molecule has 0 aromatic heterocycles. The lowest BCUT2D eigenvalue weighted by Crippen LogP contribution is -2.36. The molecule has 1 amide bonds. The summed E-state index contributed by atoms with van der Waals surface area (Å²) < 4.78 is 0. The molecule has 1 aliphatic heterocycles. The SMILES string of the molecule is C[C@@]1(C#N)CCC(=O)N1. The lowest BCUT2D eigenvalue weighted by molar-refractivity contribution is -0.119. The van der Waals surface area contributed by atoms with E-state index in [2.05, 4.69) is 5.32 Å². The van der Waals surface area contributed by atoms with E-state index in [0.717, 1.165) is 0 Å². The van der Waals surface area contributed by atoms with Gasteiger partial charge in [0.05, 0.1) is 6.07 Å². The number of rotatable bonds is 0. The number of hydrogen-bond donors (Lipinski definition) is 1. The van der Waals surface area contributed by atoms with E-state index in [-0.39, 0.29) is 5.91 Å². The van der Waals surface area contributed by atoms with Crippen LogP contribution in [0.1, 0.15) is 19.8 Å². The molecule has 0 radical (unpaired) electrons.